The van der Waals surface area contributed by atoms with Crippen LogP contribution in [0.25, 0.3) is 0 Å². The highest BCUT2D eigenvalue weighted by molar-refractivity contribution is 6.43. The lowest BCUT2D eigenvalue weighted by Crippen LogP contribution is -2.26. The van der Waals surface area contributed by atoms with Crippen LogP contribution in [-0.2, 0) is 9.59 Å². The van der Waals surface area contributed by atoms with E-state index in [9.17, 15) is 9.59 Å². The third-order valence-corrected chi connectivity index (χ3v) is 2.00. The Morgan fingerprint density at radius 1 is 1.38 bits per heavy atom. The summed E-state index contributed by atoms with van der Waals surface area (Å²) in [5.41, 5.74) is 0.693. The summed E-state index contributed by atoms with van der Waals surface area (Å²) in [5, 5.41) is 0. The van der Waals surface area contributed by atoms with Gasteiger partial charge in [0, 0.05) is 19.2 Å². The van der Waals surface area contributed by atoms with Crippen LogP contribution in [-0.4, -0.2) is 23.2 Å². The number of hydrogen-bond acceptors (Lipinski definition) is 3. The van der Waals surface area contributed by atoms with Gasteiger partial charge in [0.25, 0.3) is 5.91 Å². The van der Waals surface area contributed by atoms with E-state index in [-0.39, 0.29) is 5.78 Å². The summed E-state index contributed by atoms with van der Waals surface area (Å²) in [6.45, 7) is 0.476. The Morgan fingerprint density at radius 3 is 2.77 bits per heavy atom. The summed E-state index contributed by atoms with van der Waals surface area (Å²) in [6.07, 6.45) is 3.52. The summed E-state index contributed by atoms with van der Waals surface area (Å²) in [4.78, 5) is 27.5. The first kappa shape index (κ1) is 7.91. The summed E-state index contributed by atoms with van der Waals surface area (Å²) in [5.74, 6) is -0.739. The van der Waals surface area contributed by atoms with Crippen molar-refractivity contribution >= 4 is 17.4 Å². The zero-order chi connectivity index (χ0) is 9.26. The molecule has 1 aromatic rings. The topological polar surface area (TPSA) is 50.3 Å². The molecule has 1 aliphatic rings. The Bertz CT molecular complexity index is 348. The molecule has 1 amide bonds. The Kier molecular flexibility index (Phi) is 1.81. The zero-order valence-corrected chi connectivity index (χ0v) is 6.93. The van der Waals surface area contributed by atoms with Gasteiger partial charge in [0.1, 0.15) is 0 Å². The Morgan fingerprint density at radius 2 is 2.23 bits per heavy atom. The van der Waals surface area contributed by atoms with Crippen LogP contribution in [0.15, 0.2) is 24.5 Å². The van der Waals surface area contributed by atoms with Gasteiger partial charge >= 0.3 is 0 Å². The van der Waals surface area contributed by atoms with Crippen molar-refractivity contribution in [2.24, 2.45) is 0 Å². The molecule has 0 bridgehead atoms. The second kappa shape index (κ2) is 2.97. The number of anilines is 1. The molecule has 4 nitrogen and oxygen atoms in total. The fourth-order valence-corrected chi connectivity index (χ4v) is 1.33. The van der Waals surface area contributed by atoms with Crippen molar-refractivity contribution in [2.75, 3.05) is 11.4 Å². The molecule has 0 radical (unpaired) electrons. The van der Waals surface area contributed by atoms with Crippen molar-refractivity contribution < 1.29 is 9.59 Å². The van der Waals surface area contributed by atoms with Crippen molar-refractivity contribution in [1.29, 1.82) is 0 Å². The van der Waals surface area contributed by atoms with Crippen molar-refractivity contribution in [1.82, 2.24) is 4.98 Å². The first-order valence-corrected chi connectivity index (χ1v) is 4.04. The first-order chi connectivity index (χ1) is 6.29. The maximum Gasteiger partial charge on any atom is 0.294 e. The molecule has 0 spiro atoms. The third-order valence-electron chi connectivity index (χ3n) is 2.00. The number of hydrogen-bond donors (Lipinski definition) is 0. The van der Waals surface area contributed by atoms with Gasteiger partial charge in [-0.1, -0.05) is 0 Å². The van der Waals surface area contributed by atoms with Crippen LogP contribution in [0.1, 0.15) is 6.42 Å². The molecule has 0 aliphatic carbocycles. The molecule has 66 valence electrons. The SMILES string of the molecule is O=C1CCN(c2cccnc2)C1=O. The Balaban J connectivity index is 2.29. The van der Waals surface area contributed by atoms with E-state index in [2.05, 4.69) is 4.98 Å². The fraction of sp³-hybridized carbons (Fsp3) is 0.222. The van der Waals surface area contributed by atoms with E-state index in [4.69, 9.17) is 0 Å². The largest absolute Gasteiger partial charge is 0.304 e. The molecule has 2 rings (SSSR count). The van der Waals surface area contributed by atoms with Crippen LogP contribution in [0.2, 0.25) is 0 Å². The van der Waals surface area contributed by atoms with Gasteiger partial charge in [0.2, 0.25) is 5.78 Å². The number of Topliss-reactive ketones (excluding diaryl/α,β-unsaturated/α-hetero) is 1. The Hall–Kier alpha value is -1.71. The Labute approximate surface area is 75.2 Å². The molecular formula is C9H8N2O2. The van der Waals surface area contributed by atoms with Crippen LogP contribution in [0.3, 0.4) is 0 Å². The van der Waals surface area contributed by atoms with Gasteiger partial charge in [-0.15, -0.1) is 0 Å². The minimum absolute atomic E-state index is 0.313. The number of pyridine rings is 1. The van der Waals surface area contributed by atoms with Gasteiger partial charge in [-0.3, -0.25) is 14.6 Å². The molecule has 1 fully saturated rings. The average molecular weight is 176 g/mol. The number of nitrogens with zero attached hydrogens (tertiary/aromatic N) is 2. The number of carbonyl (C=O) groups excluding carboxylic acids is 2. The summed E-state index contributed by atoms with van der Waals surface area (Å²) >= 11 is 0. The minimum Gasteiger partial charge on any atom is -0.304 e. The van der Waals surface area contributed by atoms with Crippen LogP contribution >= 0.6 is 0 Å². The second-order valence-electron chi connectivity index (χ2n) is 2.84. The van der Waals surface area contributed by atoms with E-state index in [0.29, 0.717) is 18.7 Å². The molecule has 1 aliphatic heterocycles. The number of rotatable bonds is 1. The average Bonchev–Trinajstić information content (AvgIpc) is 2.49. The van der Waals surface area contributed by atoms with Gasteiger partial charge < -0.3 is 4.90 Å². The molecule has 0 unspecified atom stereocenters. The number of aromatic nitrogens is 1. The lowest BCUT2D eigenvalue weighted by atomic mass is 10.3. The maximum atomic E-state index is 11.3. The monoisotopic (exact) mass is 176 g/mol. The van der Waals surface area contributed by atoms with Crippen molar-refractivity contribution in [3.8, 4) is 0 Å². The summed E-state index contributed by atoms with van der Waals surface area (Å²) < 4.78 is 0. The molecule has 1 aromatic heterocycles. The van der Waals surface area contributed by atoms with Crippen LogP contribution in [0.4, 0.5) is 5.69 Å². The van der Waals surface area contributed by atoms with Gasteiger partial charge in [-0.2, -0.15) is 0 Å². The molecule has 4 heteroatoms. The number of carbonyl (C=O) groups is 2. The second-order valence-corrected chi connectivity index (χ2v) is 2.84. The van der Waals surface area contributed by atoms with E-state index in [0.717, 1.165) is 0 Å². The highest BCUT2D eigenvalue weighted by Gasteiger charge is 2.30. The number of amides is 1. The number of ketones is 1. The van der Waals surface area contributed by atoms with E-state index >= 15 is 0 Å². The van der Waals surface area contributed by atoms with E-state index < -0.39 is 5.91 Å². The standard InChI is InChI=1S/C9H8N2O2/c12-8-3-5-11(9(8)13)7-2-1-4-10-6-7/h1-2,4,6H,3,5H2. The smallest absolute Gasteiger partial charge is 0.294 e. The fourth-order valence-electron chi connectivity index (χ4n) is 1.33. The minimum atomic E-state index is -0.423. The van der Waals surface area contributed by atoms with Crippen LogP contribution in [0, 0.1) is 0 Å². The van der Waals surface area contributed by atoms with Crippen LogP contribution < -0.4 is 4.90 Å². The molecule has 13 heavy (non-hydrogen) atoms. The molecule has 0 N–H and O–H groups in total. The lowest BCUT2D eigenvalue weighted by molar-refractivity contribution is -0.133. The molecule has 1 saturated heterocycles. The highest BCUT2D eigenvalue weighted by Crippen LogP contribution is 2.17. The highest BCUT2D eigenvalue weighted by atomic mass is 16.2. The van der Waals surface area contributed by atoms with Crippen molar-refractivity contribution in [3.63, 3.8) is 0 Å². The zero-order valence-electron chi connectivity index (χ0n) is 6.93. The maximum absolute atomic E-state index is 11.3. The predicted octanol–water partition coefficient (Wildman–Crippen LogP) is 0.387. The van der Waals surface area contributed by atoms with E-state index in [1.807, 2.05) is 0 Å². The molecule has 0 aromatic carbocycles. The molecule has 2 heterocycles. The predicted molar refractivity (Wildman–Crippen MR) is 46.2 cm³/mol. The molecule has 0 saturated carbocycles. The van der Waals surface area contributed by atoms with Gasteiger partial charge in [-0.25, -0.2) is 0 Å². The van der Waals surface area contributed by atoms with Crippen molar-refractivity contribution in [3.05, 3.63) is 24.5 Å². The lowest BCUT2D eigenvalue weighted by Gasteiger charge is -2.12. The van der Waals surface area contributed by atoms with Gasteiger partial charge in [0.05, 0.1) is 11.9 Å². The molecular weight excluding hydrogens is 168 g/mol. The van der Waals surface area contributed by atoms with Crippen LogP contribution in [0.5, 0.6) is 0 Å². The normalized spacial score (nSPS) is 16.8. The third kappa shape index (κ3) is 1.30. The summed E-state index contributed by atoms with van der Waals surface area (Å²) in [6, 6.07) is 3.51. The van der Waals surface area contributed by atoms with Gasteiger partial charge in [0.15, 0.2) is 0 Å². The van der Waals surface area contributed by atoms with E-state index in [1.165, 1.54) is 4.90 Å². The van der Waals surface area contributed by atoms with Gasteiger partial charge in [-0.05, 0) is 12.1 Å². The molecule has 0 atom stereocenters. The quantitative estimate of drug-likeness (QED) is 0.581. The summed E-state index contributed by atoms with van der Waals surface area (Å²) in [7, 11) is 0. The van der Waals surface area contributed by atoms with E-state index in [1.54, 1.807) is 24.5 Å². The van der Waals surface area contributed by atoms with Crippen molar-refractivity contribution in [2.45, 2.75) is 6.42 Å². The first-order valence-electron chi connectivity index (χ1n) is 4.04.